The molecule has 0 aliphatic carbocycles. The maximum atomic E-state index is 11.5. The van der Waals surface area contributed by atoms with Crippen LogP contribution in [0.25, 0.3) is 0 Å². The van der Waals surface area contributed by atoms with Crippen LogP contribution in [0, 0.1) is 0 Å². The minimum absolute atomic E-state index is 0.0368. The van der Waals surface area contributed by atoms with Crippen molar-refractivity contribution in [1.29, 1.82) is 0 Å². The number of amides is 1. The lowest BCUT2D eigenvalue weighted by molar-refractivity contribution is -0.116. The molecule has 1 aromatic rings. The number of hydrogen-bond donors (Lipinski definition) is 2. The maximum absolute atomic E-state index is 11.5. The van der Waals surface area contributed by atoms with Crippen molar-refractivity contribution in [3.63, 3.8) is 0 Å². The SMILES string of the molecule is COCCCC(=O)Nc1cc(Cl)cc(C(=O)O)c1. The van der Waals surface area contributed by atoms with Crippen molar-refractivity contribution in [2.24, 2.45) is 0 Å². The lowest BCUT2D eigenvalue weighted by atomic mass is 10.2. The van der Waals surface area contributed by atoms with Crippen LogP contribution in [0.3, 0.4) is 0 Å². The largest absolute Gasteiger partial charge is 0.478 e. The molecule has 0 aromatic heterocycles. The lowest BCUT2D eigenvalue weighted by Crippen LogP contribution is -2.12. The van der Waals surface area contributed by atoms with E-state index >= 15 is 0 Å². The molecular weight excluding hydrogens is 258 g/mol. The van der Waals surface area contributed by atoms with Crippen LogP contribution in [-0.4, -0.2) is 30.7 Å². The second-order valence-electron chi connectivity index (χ2n) is 3.68. The highest BCUT2D eigenvalue weighted by atomic mass is 35.5. The average Bonchev–Trinajstić information content (AvgIpc) is 2.28. The maximum Gasteiger partial charge on any atom is 0.335 e. The van der Waals surface area contributed by atoms with E-state index in [9.17, 15) is 9.59 Å². The zero-order valence-corrected chi connectivity index (χ0v) is 10.7. The zero-order valence-electron chi connectivity index (χ0n) is 9.90. The topological polar surface area (TPSA) is 75.6 Å². The first kappa shape index (κ1) is 14.5. The molecule has 98 valence electrons. The molecule has 0 bridgehead atoms. The number of carboxylic acid groups (broad SMARTS) is 1. The van der Waals surface area contributed by atoms with Crippen LogP contribution >= 0.6 is 11.6 Å². The summed E-state index contributed by atoms with van der Waals surface area (Å²) in [5.74, 6) is -1.29. The fourth-order valence-corrected chi connectivity index (χ4v) is 1.62. The highest BCUT2D eigenvalue weighted by Gasteiger charge is 2.08. The van der Waals surface area contributed by atoms with Crippen LogP contribution < -0.4 is 5.32 Å². The second kappa shape index (κ2) is 6.98. The monoisotopic (exact) mass is 271 g/mol. The highest BCUT2D eigenvalue weighted by molar-refractivity contribution is 6.31. The third kappa shape index (κ3) is 4.73. The van der Waals surface area contributed by atoms with Gasteiger partial charge in [-0.25, -0.2) is 4.79 Å². The smallest absolute Gasteiger partial charge is 0.335 e. The quantitative estimate of drug-likeness (QED) is 0.779. The molecule has 0 aliphatic heterocycles. The van der Waals surface area contributed by atoms with Crippen LogP contribution in [-0.2, 0) is 9.53 Å². The molecule has 1 rings (SSSR count). The third-order valence-electron chi connectivity index (χ3n) is 2.18. The van der Waals surface area contributed by atoms with Gasteiger partial charge in [-0.3, -0.25) is 4.79 Å². The molecule has 0 fully saturated rings. The Morgan fingerprint density at radius 3 is 2.72 bits per heavy atom. The first-order chi connectivity index (χ1) is 8.52. The molecule has 0 aliphatic rings. The second-order valence-corrected chi connectivity index (χ2v) is 4.11. The van der Waals surface area contributed by atoms with Gasteiger partial charge in [-0.2, -0.15) is 0 Å². The van der Waals surface area contributed by atoms with E-state index in [1.54, 1.807) is 7.11 Å². The number of hydrogen-bond acceptors (Lipinski definition) is 3. The summed E-state index contributed by atoms with van der Waals surface area (Å²) in [5.41, 5.74) is 0.414. The Kier molecular flexibility index (Phi) is 5.61. The normalized spacial score (nSPS) is 10.1. The summed E-state index contributed by atoms with van der Waals surface area (Å²) in [5, 5.41) is 11.7. The molecule has 0 atom stereocenters. The highest BCUT2D eigenvalue weighted by Crippen LogP contribution is 2.19. The van der Waals surface area contributed by atoms with E-state index in [1.807, 2.05) is 0 Å². The van der Waals surface area contributed by atoms with Gasteiger partial charge >= 0.3 is 5.97 Å². The molecule has 2 N–H and O–H groups in total. The van der Waals surface area contributed by atoms with Gasteiger partial charge in [0.15, 0.2) is 0 Å². The van der Waals surface area contributed by atoms with Crippen molar-refractivity contribution in [3.05, 3.63) is 28.8 Å². The predicted molar refractivity (Wildman–Crippen MR) is 68.2 cm³/mol. The lowest BCUT2D eigenvalue weighted by Gasteiger charge is -2.06. The van der Waals surface area contributed by atoms with Crippen molar-refractivity contribution in [2.45, 2.75) is 12.8 Å². The van der Waals surface area contributed by atoms with E-state index < -0.39 is 5.97 Å². The summed E-state index contributed by atoms with van der Waals surface area (Å²) in [6.07, 6.45) is 0.914. The van der Waals surface area contributed by atoms with E-state index in [2.05, 4.69) is 5.32 Å². The van der Waals surface area contributed by atoms with Crippen molar-refractivity contribution in [3.8, 4) is 0 Å². The van der Waals surface area contributed by atoms with Gasteiger partial charge < -0.3 is 15.2 Å². The molecule has 0 unspecified atom stereocenters. The summed E-state index contributed by atoms with van der Waals surface area (Å²) in [4.78, 5) is 22.3. The molecule has 0 saturated carbocycles. The van der Waals surface area contributed by atoms with Gasteiger partial charge in [0.05, 0.1) is 5.56 Å². The minimum atomic E-state index is -1.09. The van der Waals surface area contributed by atoms with Gasteiger partial charge in [0.2, 0.25) is 5.91 Å². The zero-order chi connectivity index (χ0) is 13.5. The van der Waals surface area contributed by atoms with Gasteiger partial charge in [0, 0.05) is 30.8 Å². The number of halogens is 1. The van der Waals surface area contributed by atoms with Crippen molar-refractivity contribution < 1.29 is 19.4 Å². The molecule has 5 nitrogen and oxygen atoms in total. The number of methoxy groups -OCH3 is 1. The Morgan fingerprint density at radius 2 is 2.11 bits per heavy atom. The molecule has 18 heavy (non-hydrogen) atoms. The van der Waals surface area contributed by atoms with E-state index in [0.717, 1.165) is 0 Å². The summed E-state index contributed by atoms with van der Waals surface area (Å²) in [6, 6.07) is 4.19. The van der Waals surface area contributed by atoms with Crippen LogP contribution in [0.1, 0.15) is 23.2 Å². The van der Waals surface area contributed by atoms with Crippen LogP contribution in [0.2, 0.25) is 5.02 Å². The first-order valence-electron chi connectivity index (χ1n) is 5.35. The number of nitrogens with one attached hydrogen (secondary N) is 1. The predicted octanol–water partition coefficient (Wildman–Crippen LogP) is 2.40. The molecule has 0 heterocycles. The number of ether oxygens (including phenoxy) is 1. The van der Waals surface area contributed by atoms with E-state index in [-0.39, 0.29) is 16.5 Å². The van der Waals surface area contributed by atoms with Crippen LogP contribution in [0.4, 0.5) is 5.69 Å². The number of anilines is 1. The number of benzene rings is 1. The van der Waals surface area contributed by atoms with Gasteiger partial charge in [0.1, 0.15) is 0 Å². The number of carbonyl (C=O) groups excluding carboxylic acids is 1. The van der Waals surface area contributed by atoms with Crippen molar-refractivity contribution in [1.82, 2.24) is 0 Å². The molecule has 0 saturated heterocycles. The minimum Gasteiger partial charge on any atom is -0.478 e. The van der Waals surface area contributed by atoms with Crippen molar-refractivity contribution >= 4 is 29.2 Å². The molecule has 0 spiro atoms. The van der Waals surface area contributed by atoms with E-state index in [1.165, 1.54) is 18.2 Å². The van der Waals surface area contributed by atoms with Crippen molar-refractivity contribution in [2.75, 3.05) is 19.0 Å². The molecule has 6 heteroatoms. The number of carbonyl (C=O) groups is 2. The standard InChI is InChI=1S/C12H14ClNO4/c1-18-4-2-3-11(15)14-10-6-8(12(16)17)5-9(13)7-10/h5-7H,2-4H2,1H3,(H,14,15)(H,16,17). The first-order valence-corrected chi connectivity index (χ1v) is 5.73. The van der Waals surface area contributed by atoms with Gasteiger partial charge in [0.25, 0.3) is 0 Å². The number of carboxylic acids is 1. The van der Waals surface area contributed by atoms with Crippen LogP contribution in [0.5, 0.6) is 0 Å². The van der Waals surface area contributed by atoms with Crippen LogP contribution in [0.15, 0.2) is 18.2 Å². The third-order valence-corrected chi connectivity index (χ3v) is 2.40. The summed E-state index contributed by atoms with van der Waals surface area (Å²) >= 11 is 5.77. The Bertz CT molecular complexity index is 448. The van der Waals surface area contributed by atoms with Gasteiger partial charge in [-0.1, -0.05) is 11.6 Å². The number of rotatable bonds is 6. The Balaban J connectivity index is 2.66. The summed E-state index contributed by atoms with van der Waals surface area (Å²) in [6.45, 7) is 0.503. The fraction of sp³-hybridized carbons (Fsp3) is 0.333. The summed E-state index contributed by atoms with van der Waals surface area (Å²) in [7, 11) is 1.56. The molecule has 1 amide bonds. The number of aromatic carboxylic acids is 1. The van der Waals surface area contributed by atoms with Gasteiger partial charge in [-0.05, 0) is 24.6 Å². The van der Waals surface area contributed by atoms with E-state index in [0.29, 0.717) is 25.1 Å². The Morgan fingerprint density at radius 1 is 1.39 bits per heavy atom. The van der Waals surface area contributed by atoms with E-state index in [4.69, 9.17) is 21.4 Å². The fourth-order valence-electron chi connectivity index (χ4n) is 1.39. The molecule has 1 aromatic carbocycles. The summed E-state index contributed by atoms with van der Waals surface area (Å²) < 4.78 is 4.83. The Hall–Kier alpha value is -1.59. The van der Waals surface area contributed by atoms with Gasteiger partial charge in [-0.15, -0.1) is 0 Å². The molecular formula is C12H14ClNO4. The average molecular weight is 272 g/mol. The Labute approximate surface area is 110 Å². The molecule has 0 radical (unpaired) electrons.